The first-order valence-electron chi connectivity index (χ1n) is 14.4. The third-order valence-corrected chi connectivity index (χ3v) is 6.43. The minimum absolute atomic E-state index is 0.0497. The number of anilines is 1. The van der Waals surface area contributed by atoms with Gasteiger partial charge in [0, 0.05) is 28.8 Å². The van der Waals surface area contributed by atoms with Crippen LogP contribution in [-0.4, -0.2) is 36.6 Å². The second kappa shape index (κ2) is 28.9. The van der Waals surface area contributed by atoms with Crippen molar-refractivity contribution in [1.82, 2.24) is 5.32 Å². The molecule has 40 heavy (non-hydrogen) atoms. The molecule has 1 heterocycles. The summed E-state index contributed by atoms with van der Waals surface area (Å²) in [5, 5.41) is 8.17. The normalized spacial score (nSPS) is 12.9. The topological polar surface area (TPSA) is 50.4 Å². The first-order chi connectivity index (χ1) is 19.1. The van der Waals surface area contributed by atoms with Gasteiger partial charge in [0.05, 0.1) is 12.2 Å². The molecule has 1 aliphatic rings. The Labute approximate surface area is 261 Å². The molecule has 7 heteroatoms. The van der Waals surface area contributed by atoms with Gasteiger partial charge in [0.25, 0.3) is 0 Å². The quantitative estimate of drug-likeness (QED) is 0.250. The van der Waals surface area contributed by atoms with Gasteiger partial charge in [-0.25, -0.2) is 0 Å². The summed E-state index contributed by atoms with van der Waals surface area (Å²) in [5.74, 6) is 1.79. The number of fused-ring (bicyclic) bond motifs is 1. The maximum atomic E-state index is 10.5. The van der Waals surface area contributed by atoms with Crippen LogP contribution in [0.3, 0.4) is 0 Å². The van der Waals surface area contributed by atoms with Crippen molar-refractivity contribution in [3.63, 3.8) is 0 Å². The molecule has 2 aromatic rings. The molecule has 0 amide bonds. The zero-order valence-electron chi connectivity index (χ0n) is 26.9. The van der Waals surface area contributed by atoms with Crippen LogP contribution in [0.15, 0.2) is 49.1 Å². The average molecular weight is 616 g/mol. The van der Waals surface area contributed by atoms with Gasteiger partial charge in [-0.1, -0.05) is 107 Å². The van der Waals surface area contributed by atoms with Gasteiger partial charge in [0.15, 0.2) is 5.12 Å². The lowest BCUT2D eigenvalue weighted by Crippen LogP contribution is -2.28. The van der Waals surface area contributed by atoms with Gasteiger partial charge in [-0.2, -0.15) is 0 Å². The first kappa shape index (κ1) is 42.8. The van der Waals surface area contributed by atoms with Crippen LogP contribution in [0.1, 0.15) is 85.8 Å². The number of halogens is 2. The third-order valence-electron chi connectivity index (χ3n) is 4.87. The number of hydrogen-bond donors (Lipinski definition) is 2. The summed E-state index contributed by atoms with van der Waals surface area (Å²) in [6.07, 6.45) is 5.35. The van der Waals surface area contributed by atoms with E-state index in [9.17, 15) is 4.79 Å². The van der Waals surface area contributed by atoms with Crippen LogP contribution in [-0.2, 0) is 4.79 Å². The Hall–Kier alpha value is -1.66. The van der Waals surface area contributed by atoms with Crippen LogP contribution < -0.4 is 15.4 Å². The molecule has 0 spiro atoms. The van der Waals surface area contributed by atoms with Gasteiger partial charge in [-0.15, -0.1) is 0 Å². The Morgan fingerprint density at radius 1 is 1.15 bits per heavy atom. The Balaban J connectivity index is -0.000000466. The average Bonchev–Trinajstić information content (AvgIpc) is 2.96. The van der Waals surface area contributed by atoms with E-state index in [-0.39, 0.29) is 11.2 Å². The van der Waals surface area contributed by atoms with E-state index in [0.29, 0.717) is 11.1 Å². The minimum atomic E-state index is 0.0497. The number of ether oxygens (including phenoxy) is 1. The predicted molar refractivity (Wildman–Crippen MR) is 185 cm³/mol. The van der Waals surface area contributed by atoms with Crippen LogP contribution in [0.25, 0.3) is 0 Å². The van der Waals surface area contributed by atoms with E-state index >= 15 is 0 Å². The number of benzene rings is 2. The lowest BCUT2D eigenvalue weighted by Gasteiger charge is -2.25. The molecular formula is C33H56Cl2N2O2S. The molecule has 0 radical (unpaired) electrons. The van der Waals surface area contributed by atoms with E-state index < -0.39 is 0 Å². The second-order valence-electron chi connectivity index (χ2n) is 8.55. The molecule has 0 fully saturated rings. The number of hydrogen-bond acceptors (Lipinski definition) is 5. The van der Waals surface area contributed by atoms with Crippen molar-refractivity contribution in [2.24, 2.45) is 0 Å². The van der Waals surface area contributed by atoms with Crippen LogP contribution in [0, 0.1) is 13.8 Å². The van der Waals surface area contributed by atoms with Gasteiger partial charge >= 0.3 is 0 Å². The molecule has 2 N–H and O–H groups in total. The molecule has 0 aliphatic carbocycles. The molecule has 0 saturated heterocycles. The second-order valence-corrected chi connectivity index (χ2v) is 10.7. The lowest BCUT2D eigenvalue weighted by molar-refractivity contribution is -0.109. The van der Waals surface area contributed by atoms with Crippen molar-refractivity contribution in [3.05, 3.63) is 70.2 Å². The lowest BCUT2D eigenvalue weighted by atomic mass is 10.2. The number of rotatable bonds is 6. The van der Waals surface area contributed by atoms with Crippen molar-refractivity contribution >= 4 is 45.8 Å². The van der Waals surface area contributed by atoms with E-state index in [4.69, 9.17) is 27.9 Å². The third kappa shape index (κ3) is 23.1. The van der Waals surface area contributed by atoms with Crippen LogP contribution in [0.4, 0.5) is 5.69 Å². The highest BCUT2D eigenvalue weighted by molar-refractivity contribution is 8.13. The minimum Gasteiger partial charge on any atom is -0.482 e. The number of carbonyl (C=O) groups is 1. The maximum absolute atomic E-state index is 10.5. The maximum Gasteiger partial charge on any atom is 0.185 e. The van der Waals surface area contributed by atoms with Gasteiger partial charge in [-0.3, -0.25) is 4.79 Å². The van der Waals surface area contributed by atoms with Crippen molar-refractivity contribution in [1.29, 1.82) is 0 Å². The van der Waals surface area contributed by atoms with E-state index in [1.165, 1.54) is 23.7 Å². The number of thioether (sulfide) groups is 1. The number of carbonyl (C=O) groups excluding carboxylic acids is 1. The summed E-state index contributed by atoms with van der Waals surface area (Å²) < 4.78 is 5.60. The van der Waals surface area contributed by atoms with E-state index in [1.807, 2.05) is 72.0 Å². The van der Waals surface area contributed by atoms with Crippen molar-refractivity contribution in [2.75, 3.05) is 24.7 Å². The highest BCUT2D eigenvalue weighted by atomic mass is 35.5. The Morgan fingerprint density at radius 3 is 2.23 bits per heavy atom. The first-order valence-corrected chi connectivity index (χ1v) is 16.2. The molecule has 0 saturated carbocycles. The van der Waals surface area contributed by atoms with Gasteiger partial charge in [0.1, 0.15) is 11.9 Å². The smallest absolute Gasteiger partial charge is 0.185 e. The molecule has 3 rings (SSSR count). The Kier molecular flexibility index (Phi) is 30.9. The predicted octanol–water partition coefficient (Wildman–Crippen LogP) is 10.8. The molecule has 2 unspecified atom stereocenters. The summed E-state index contributed by atoms with van der Waals surface area (Å²) in [5.41, 5.74) is 3.36. The molecule has 4 nitrogen and oxygen atoms in total. The molecule has 1 aliphatic heterocycles. The molecule has 230 valence electrons. The summed E-state index contributed by atoms with van der Waals surface area (Å²) in [6, 6.07) is 12.1. The zero-order valence-corrected chi connectivity index (χ0v) is 29.2. The SMILES string of the molecule is C=CC1CNc2cc(Cl)ccc2O1.CC.CC.CCC.CNC(C)CCCSC(C)=O.Cc1ccc(Cl)c(C)c1. The molecule has 2 aromatic carbocycles. The summed E-state index contributed by atoms with van der Waals surface area (Å²) in [7, 11) is 1.96. The fraction of sp³-hybridized carbons (Fsp3) is 0.545. The fourth-order valence-corrected chi connectivity index (χ4v) is 3.72. The number of nitrogens with one attached hydrogen (secondary N) is 2. The summed E-state index contributed by atoms with van der Waals surface area (Å²) in [6.45, 7) is 24.5. The number of aryl methyl sites for hydroxylation is 2. The molecular weight excluding hydrogens is 559 g/mol. The van der Waals surface area contributed by atoms with Crippen LogP contribution in [0.5, 0.6) is 5.75 Å². The molecule has 2 atom stereocenters. The zero-order chi connectivity index (χ0) is 31.5. The van der Waals surface area contributed by atoms with E-state index in [2.05, 4.69) is 51.0 Å². The van der Waals surface area contributed by atoms with E-state index in [1.54, 1.807) is 13.0 Å². The Bertz CT molecular complexity index is 910. The van der Waals surface area contributed by atoms with Crippen molar-refractivity contribution < 1.29 is 9.53 Å². The summed E-state index contributed by atoms with van der Waals surface area (Å²) >= 11 is 13.0. The standard InChI is InChI=1S/C10H10ClNO.C8H9Cl.C8H17NOS.C3H8.2C2H6/c1-2-8-6-12-9-5-7(11)3-4-10(9)13-8;1-6-3-4-8(9)7(2)5-6;1-7(9-3)5-4-6-11-8(2)10;1-3-2;2*1-2/h2-5,8,12H,1,6H2;3-5H,1-2H3;7,9H,4-6H2,1-3H3;3H2,1-2H3;2*1-2H3. The fourth-order valence-electron chi connectivity index (χ4n) is 2.83. The largest absolute Gasteiger partial charge is 0.482 e. The highest BCUT2D eigenvalue weighted by Gasteiger charge is 2.16. The Morgan fingerprint density at radius 2 is 1.75 bits per heavy atom. The molecule has 0 aromatic heterocycles. The van der Waals surface area contributed by atoms with Crippen molar-refractivity contribution in [2.45, 2.75) is 101 Å². The van der Waals surface area contributed by atoms with Crippen LogP contribution >= 0.6 is 35.0 Å². The van der Waals surface area contributed by atoms with Gasteiger partial charge in [0.2, 0.25) is 0 Å². The van der Waals surface area contributed by atoms with Gasteiger partial charge < -0.3 is 15.4 Å². The monoisotopic (exact) mass is 614 g/mol. The van der Waals surface area contributed by atoms with Crippen molar-refractivity contribution in [3.8, 4) is 5.75 Å². The van der Waals surface area contributed by atoms with E-state index in [0.717, 1.165) is 47.2 Å². The summed E-state index contributed by atoms with van der Waals surface area (Å²) in [4.78, 5) is 10.5. The molecule has 0 bridgehead atoms. The van der Waals surface area contributed by atoms with Gasteiger partial charge in [-0.05, 0) is 76.6 Å². The highest BCUT2D eigenvalue weighted by Crippen LogP contribution is 2.31. The van der Waals surface area contributed by atoms with Crippen LogP contribution in [0.2, 0.25) is 10.0 Å².